The van der Waals surface area contributed by atoms with Gasteiger partial charge in [0, 0.05) is 12.6 Å². The molecular formula is C23H32F3N5O2. The third-order valence-corrected chi connectivity index (χ3v) is 5.96. The van der Waals surface area contributed by atoms with Crippen LogP contribution >= 0.6 is 0 Å². The van der Waals surface area contributed by atoms with Crippen molar-refractivity contribution in [1.29, 1.82) is 0 Å². The van der Waals surface area contributed by atoms with Gasteiger partial charge in [-0.15, -0.1) is 5.10 Å². The SMILES string of the molecule is CC(C)CN(c1ccc([C@H](C)CC(=O)O)cc1Nc1n[nH]c(C(F)(F)F)n1)C1CCCCC1. The van der Waals surface area contributed by atoms with Crippen molar-refractivity contribution in [2.24, 2.45) is 5.92 Å². The maximum Gasteiger partial charge on any atom is 0.451 e. The van der Waals surface area contributed by atoms with Crippen LogP contribution in [-0.2, 0) is 11.0 Å². The molecule has 0 spiro atoms. The number of aromatic nitrogens is 3. The van der Waals surface area contributed by atoms with Gasteiger partial charge >= 0.3 is 12.1 Å². The van der Waals surface area contributed by atoms with E-state index in [9.17, 15) is 23.1 Å². The highest BCUT2D eigenvalue weighted by atomic mass is 19.4. The number of nitrogens with zero attached hydrogens (tertiary/aromatic N) is 3. The lowest BCUT2D eigenvalue weighted by Gasteiger charge is -2.38. The van der Waals surface area contributed by atoms with E-state index in [0.29, 0.717) is 17.6 Å². The standard InChI is InChI=1S/C23H32F3N5O2/c1-14(2)13-31(17-7-5-4-6-8-17)19-10-9-16(15(3)11-20(32)33)12-18(19)27-22-28-21(29-30-22)23(24,25)26/h9-10,12,14-15,17H,4-8,11,13H2,1-3H3,(H,32,33)(H2,27,28,29,30)/t15-/m1/s1. The number of carbonyl (C=O) groups is 1. The number of rotatable bonds is 9. The second-order valence-electron chi connectivity index (χ2n) is 9.24. The average molecular weight is 468 g/mol. The Morgan fingerprint density at radius 2 is 1.94 bits per heavy atom. The van der Waals surface area contributed by atoms with Crippen LogP contribution in [0.25, 0.3) is 0 Å². The molecule has 1 aromatic carbocycles. The first kappa shape index (κ1) is 24.9. The highest BCUT2D eigenvalue weighted by Gasteiger charge is 2.35. The predicted molar refractivity (Wildman–Crippen MR) is 121 cm³/mol. The van der Waals surface area contributed by atoms with Crippen molar-refractivity contribution in [2.45, 2.75) is 77.4 Å². The first-order valence-corrected chi connectivity index (χ1v) is 11.4. The minimum atomic E-state index is -4.63. The molecule has 1 atom stereocenters. The molecule has 1 aliphatic carbocycles. The van der Waals surface area contributed by atoms with Gasteiger partial charge in [0.2, 0.25) is 11.8 Å². The van der Waals surface area contributed by atoms with Gasteiger partial charge in [-0.3, -0.25) is 9.89 Å². The lowest BCUT2D eigenvalue weighted by molar-refractivity contribution is -0.144. The number of aromatic amines is 1. The number of alkyl halides is 3. The van der Waals surface area contributed by atoms with Gasteiger partial charge in [-0.25, -0.2) is 0 Å². The van der Waals surface area contributed by atoms with E-state index in [-0.39, 0.29) is 18.3 Å². The predicted octanol–water partition coefficient (Wildman–Crippen LogP) is 5.94. The number of hydrogen-bond donors (Lipinski definition) is 3. The zero-order chi connectivity index (χ0) is 24.2. The Morgan fingerprint density at radius 1 is 1.24 bits per heavy atom. The summed E-state index contributed by atoms with van der Waals surface area (Å²) in [5.74, 6) is -2.14. The molecule has 2 aromatic rings. The molecule has 0 unspecified atom stereocenters. The maximum absolute atomic E-state index is 13.0. The molecule has 3 N–H and O–H groups in total. The monoisotopic (exact) mass is 467 g/mol. The van der Waals surface area contributed by atoms with E-state index in [4.69, 9.17) is 0 Å². The van der Waals surface area contributed by atoms with Crippen molar-refractivity contribution in [2.75, 3.05) is 16.8 Å². The fraction of sp³-hybridized carbons (Fsp3) is 0.609. The molecule has 0 amide bonds. The van der Waals surface area contributed by atoms with Crippen molar-refractivity contribution >= 4 is 23.3 Å². The number of H-pyrrole nitrogens is 1. The van der Waals surface area contributed by atoms with Crippen LogP contribution in [0.15, 0.2) is 18.2 Å². The van der Waals surface area contributed by atoms with Crippen LogP contribution in [0.4, 0.5) is 30.5 Å². The van der Waals surface area contributed by atoms with Crippen LogP contribution in [0.5, 0.6) is 0 Å². The van der Waals surface area contributed by atoms with E-state index in [1.807, 2.05) is 30.2 Å². The molecule has 3 rings (SSSR count). The summed E-state index contributed by atoms with van der Waals surface area (Å²) >= 11 is 0. The van der Waals surface area contributed by atoms with Crippen molar-refractivity contribution in [1.82, 2.24) is 15.2 Å². The largest absolute Gasteiger partial charge is 0.481 e. The van der Waals surface area contributed by atoms with Gasteiger partial charge in [-0.2, -0.15) is 18.2 Å². The molecule has 0 bridgehead atoms. The smallest absolute Gasteiger partial charge is 0.451 e. The number of halogens is 3. The average Bonchev–Trinajstić information content (AvgIpc) is 3.21. The number of benzene rings is 1. The van der Waals surface area contributed by atoms with Gasteiger partial charge in [0.25, 0.3) is 0 Å². The minimum absolute atomic E-state index is 0.0456. The summed E-state index contributed by atoms with van der Waals surface area (Å²) in [6, 6.07) is 5.98. The van der Waals surface area contributed by atoms with E-state index in [2.05, 4.69) is 34.1 Å². The Labute approximate surface area is 191 Å². The quantitative estimate of drug-likeness (QED) is 0.423. The molecular weight excluding hydrogens is 435 g/mol. The second kappa shape index (κ2) is 10.4. The van der Waals surface area contributed by atoms with Crippen molar-refractivity contribution in [3.8, 4) is 0 Å². The van der Waals surface area contributed by atoms with Gasteiger partial charge < -0.3 is 15.3 Å². The van der Waals surface area contributed by atoms with Gasteiger partial charge in [-0.05, 0) is 42.4 Å². The summed E-state index contributed by atoms with van der Waals surface area (Å²) in [5.41, 5.74) is 2.22. The number of hydrogen-bond acceptors (Lipinski definition) is 5. The molecule has 1 heterocycles. The van der Waals surface area contributed by atoms with Crippen LogP contribution in [0, 0.1) is 5.92 Å². The molecule has 0 saturated heterocycles. The minimum Gasteiger partial charge on any atom is -0.481 e. The van der Waals surface area contributed by atoms with E-state index in [1.165, 1.54) is 6.42 Å². The summed E-state index contributed by atoms with van der Waals surface area (Å²) < 4.78 is 39.0. The number of nitrogens with one attached hydrogen (secondary N) is 2. The third-order valence-electron chi connectivity index (χ3n) is 5.96. The van der Waals surface area contributed by atoms with E-state index < -0.39 is 18.0 Å². The molecule has 182 valence electrons. The Balaban J connectivity index is 2.01. The number of carboxylic acids is 1. The van der Waals surface area contributed by atoms with E-state index in [0.717, 1.165) is 43.5 Å². The molecule has 1 aromatic heterocycles. The van der Waals surface area contributed by atoms with Crippen molar-refractivity contribution < 1.29 is 23.1 Å². The molecule has 0 aliphatic heterocycles. The highest BCUT2D eigenvalue weighted by Crippen LogP contribution is 2.37. The zero-order valence-corrected chi connectivity index (χ0v) is 19.2. The topological polar surface area (TPSA) is 94.1 Å². The van der Waals surface area contributed by atoms with Gasteiger partial charge in [0.05, 0.1) is 17.8 Å². The number of carboxylic acid groups (broad SMARTS) is 1. The van der Waals surface area contributed by atoms with Crippen LogP contribution in [0.2, 0.25) is 0 Å². The molecule has 0 radical (unpaired) electrons. The summed E-state index contributed by atoms with van der Waals surface area (Å²) in [4.78, 5) is 17.1. The number of aliphatic carboxylic acids is 1. The van der Waals surface area contributed by atoms with Crippen molar-refractivity contribution in [3.63, 3.8) is 0 Å². The molecule has 7 nitrogen and oxygen atoms in total. The van der Waals surface area contributed by atoms with Gasteiger partial charge in [0.1, 0.15) is 0 Å². The summed E-state index contributed by atoms with van der Waals surface area (Å²) in [5, 5.41) is 17.8. The van der Waals surface area contributed by atoms with Gasteiger partial charge in [-0.1, -0.05) is 46.1 Å². The molecule has 10 heteroatoms. The first-order chi connectivity index (χ1) is 15.5. The summed E-state index contributed by atoms with van der Waals surface area (Å²) in [6.45, 7) is 6.88. The van der Waals surface area contributed by atoms with Crippen LogP contribution in [0.3, 0.4) is 0 Å². The maximum atomic E-state index is 13.0. The van der Waals surface area contributed by atoms with Gasteiger partial charge in [0.15, 0.2) is 0 Å². The van der Waals surface area contributed by atoms with Crippen LogP contribution in [-0.4, -0.2) is 38.8 Å². The highest BCUT2D eigenvalue weighted by molar-refractivity contribution is 5.75. The normalized spacial score (nSPS) is 16.1. The molecule has 33 heavy (non-hydrogen) atoms. The first-order valence-electron chi connectivity index (χ1n) is 11.4. The summed E-state index contributed by atoms with van der Waals surface area (Å²) in [6.07, 6.45) is 0.942. The third kappa shape index (κ3) is 6.61. The lowest BCUT2D eigenvalue weighted by Crippen LogP contribution is -2.39. The summed E-state index contributed by atoms with van der Waals surface area (Å²) in [7, 11) is 0. The van der Waals surface area contributed by atoms with Crippen molar-refractivity contribution in [3.05, 3.63) is 29.6 Å². The fourth-order valence-electron chi connectivity index (χ4n) is 4.39. The second-order valence-corrected chi connectivity index (χ2v) is 9.24. The molecule has 1 aliphatic rings. The Morgan fingerprint density at radius 3 is 2.52 bits per heavy atom. The Kier molecular flexibility index (Phi) is 7.86. The number of anilines is 3. The van der Waals surface area contributed by atoms with Crippen LogP contribution in [0.1, 0.15) is 76.6 Å². The fourth-order valence-corrected chi connectivity index (χ4v) is 4.39. The van der Waals surface area contributed by atoms with E-state index >= 15 is 0 Å². The Hall–Kier alpha value is -2.78. The molecule has 1 saturated carbocycles. The lowest BCUT2D eigenvalue weighted by atomic mass is 9.92. The molecule has 1 fully saturated rings. The Bertz CT molecular complexity index is 938. The zero-order valence-electron chi connectivity index (χ0n) is 19.2. The van der Waals surface area contributed by atoms with Crippen LogP contribution < -0.4 is 10.2 Å². The van der Waals surface area contributed by atoms with E-state index in [1.54, 1.807) is 0 Å².